The lowest BCUT2D eigenvalue weighted by Crippen LogP contribution is -2.16. The number of alkyl halides is 3. The highest BCUT2D eigenvalue weighted by Gasteiger charge is 2.31. The summed E-state index contributed by atoms with van der Waals surface area (Å²) < 4.78 is 45.5. The van der Waals surface area contributed by atoms with Gasteiger partial charge >= 0.3 is 6.36 Å². The molecule has 2 rings (SSSR count). The second kappa shape index (κ2) is 6.13. The molecule has 0 bridgehead atoms. The van der Waals surface area contributed by atoms with Gasteiger partial charge in [0.15, 0.2) is 0 Å². The Kier molecular flexibility index (Phi) is 4.46. The number of aromatic nitrogens is 2. The predicted octanol–water partition coefficient (Wildman–Crippen LogP) is 3.31. The minimum atomic E-state index is -4.71. The van der Waals surface area contributed by atoms with Gasteiger partial charge in [-0.2, -0.15) is 0 Å². The van der Waals surface area contributed by atoms with Crippen molar-refractivity contribution >= 4 is 0 Å². The van der Waals surface area contributed by atoms with Gasteiger partial charge in [0.25, 0.3) is 0 Å². The van der Waals surface area contributed by atoms with Gasteiger partial charge in [-0.05, 0) is 37.7 Å². The number of nitrogens with zero attached hydrogens (tertiary/aromatic N) is 2. The molecular formula is C13H14F3N3O2. The van der Waals surface area contributed by atoms with Crippen molar-refractivity contribution < 1.29 is 22.3 Å². The van der Waals surface area contributed by atoms with Crippen molar-refractivity contribution in [3.05, 3.63) is 30.2 Å². The molecule has 0 aliphatic rings. The van der Waals surface area contributed by atoms with Crippen molar-refractivity contribution in [3.8, 4) is 17.2 Å². The SMILES string of the molecule is CCC(NC)c1nnc(-c2ccc(OC(F)(F)F)cc2)o1. The van der Waals surface area contributed by atoms with Crippen molar-refractivity contribution in [3.63, 3.8) is 0 Å². The first kappa shape index (κ1) is 15.3. The number of ether oxygens (including phenoxy) is 1. The van der Waals surface area contributed by atoms with Gasteiger partial charge in [-0.3, -0.25) is 0 Å². The number of hydrogen-bond acceptors (Lipinski definition) is 5. The summed E-state index contributed by atoms with van der Waals surface area (Å²) in [5.41, 5.74) is 0.522. The Balaban J connectivity index is 2.16. The molecule has 0 spiro atoms. The molecule has 0 fully saturated rings. The zero-order valence-corrected chi connectivity index (χ0v) is 11.4. The molecular weight excluding hydrogens is 287 g/mol. The molecule has 5 nitrogen and oxygen atoms in total. The van der Waals surface area contributed by atoms with Gasteiger partial charge < -0.3 is 14.5 Å². The van der Waals surface area contributed by atoms with Crippen LogP contribution in [0.25, 0.3) is 11.5 Å². The third-order valence-electron chi connectivity index (χ3n) is 2.83. The van der Waals surface area contributed by atoms with Crippen molar-refractivity contribution in [2.45, 2.75) is 25.7 Å². The zero-order valence-electron chi connectivity index (χ0n) is 11.4. The first-order valence-corrected chi connectivity index (χ1v) is 6.29. The molecule has 21 heavy (non-hydrogen) atoms. The minimum absolute atomic E-state index is 0.0564. The van der Waals surface area contributed by atoms with Gasteiger partial charge in [0, 0.05) is 5.56 Å². The van der Waals surface area contributed by atoms with Gasteiger partial charge in [0.2, 0.25) is 11.8 Å². The fourth-order valence-electron chi connectivity index (χ4n) is 1.79. The highest BCUT2D eigenvalue weighted by molar-refractivity contribution is 5.54. The van der Waals surface area contributed by atoms with Crippen LogP contribution in [0.15, 0.2) is 28.7 Å². The number of nitrogens with one attached hydrogen (secondary N) is 1. The lowest BCUT2D eigenvalue weighted by Gasteiger charge is -2.08. The van der Waals surface area contributed by atoms with E-state index >= 15 is 0 Å². The van der Waals surface area contributed by atoms with Gasteiger partial charge in [0.1, 0.15) is 5.75 Å². The van der Waals surface area contributed by atoms with Crippen molar-refractivity contribution in [1.82, 2.24) is 15.5 Å². The molecule has 1 atom stereocenters. The van der Waals surface area contributed by atoms with E-state index in [2.05, 4.69) is 20.3 Å². The summed E-state index contributed by atoms with van der Waals surface area (Å²) in [6.45, 7) is 1.97. The minimum Gasteiger partial charge on any atom is -0.419 e. The Morgan fingerprint density at radius 3 is 2.43 bits per heavy atom. The molecule has 114 valence electrons. The fraction of sp³-hybridized carbons (Fsp3) is 0.385. The molecule has 2 aromatic rings. The van der Waals surface area contributed by atoms with E-state index in [1.165, 1.54) is 24.3 Å². The summed E-state index contributed by atoms with van der Waals surface area (Å²) in [5.74, 6) is 0.385. The molecule has 0 aliphatic carbocycles. The van der Waals surface area contributed by atoms with Crippen LogP contribution in [-0.4, -0.2) is 23.6 Å². The molecule has 0 radical (unpaired) electrons. The highest BCUT2D eigenvalue weighted by atomic mass is 19.4. The first-order valence-electron chi connectivity index (χ1n) is 6.29. The average molecular weight is 301 g/mol. The maximum Gasteiger partial charge on any atom is 0.573 e. The maximum atomic E-state index is 12.1. The molecule has 0 amide bonds. The molecule has 0 saturated carbocycles. The standard InChI is InChI=1S/C13H14F3N3O2/c1-3-10(17-2)12-19-18-11(20-12)8-4-6-9(7-5-8)21-13(14,15)16/h4-7,10,17H,3H2,1-2H3. The molecule has 1 heterocycles. The van der Waals surface area contributed by atoms with Crippen LogP contribution in [-0.2, 0) is 0 Å². The summed E-state index contributed by atoms with van der Waals surface area (Å²) in [6.07, 6.45) is -3.93. The largest absolute Gasteiger partial charge is 0.573 e. The second-order valence-corrected chi connectivity index (χ2v) is 4.27. The van der Waals surface area contributed by atoms with Crippen LogP contribution in [0.3, 0.4) is 0 Å². The second-order valence-electron chi connectivity index (χ2n) is 4.27. The Hall–Kier alpha value is -2.09. The number of halogens is 3. The van der Waals surface area contributed by atoms with E-state index in [1.807, 2.05) is 6.92 Å². The molecule has 0 aliphatic heterocycles. The van der Waals surface area contributed by atoms with Crippen LogP contribution in [0.1, 0.15) is 25.3 Å². The summed E-state index contributed by atoms with van der Waals surface area (Å²) in [5, 5.41) is 10.8. The van der Waals surface area contributed by atoms with Gasteiger partial charge in [-0.15, -0.1) is 23.4 Å². The fourth-order valence-corrected chi connectivity index (χ4v) is 1.79. The van der Waals surface area contributed by atoms with Crippen molar-refractivity contribution in [2.24, 2.45) is 0 Å². The quantitative estimate of drug-likeness (QED) is 0.918. The summed E-state index contributed by atoms with van der Waals surface area (Å²) >= 11 is 0. The Bertz CT molecular complexity index is 577. The highest BCUT2D eigenvalue weighted by Crippen LogP contribution is 2.27. The summed E-state index contributed by atoms with van der Waals surface area (Å²) in [4.78, 5) is 0. The predicted molar refractivity (Wildman–Crippen MR) is 68.5 cm³/mol. The van der Waals surface area contributed by atoms with Crippen LogP contribution in [0, 0.1) is 0 Å². The van der Waals surface area contributed by atoms with Crippen LogP contribution in [0.5, 0.6) is 5.75 Å². The lowest BCUT2D eigenvalue weighted by atomic mass is 10.2. The molecule has 1 aromatic heterocycles. The smallest absolute Gasteiger partial charge is 0.419 e. The number of benzene rings is 1. The zero-order chi connectivity index (χ0) is 15.5. The maximum absolute atomic E-state index is 12.1. The van der Waals surface area contributed by atoms with Gasteiger partial charge in [0.05, 0.1) is 6.04 Å². The van der Waals surface area contributed by atoms with E-state index in [0.717, 1.165) is 6.42 Å². The van der Waals surface area contributed by atoms with Crippen LogP contribution >= 0.6 is 0 Å². The van der Waals surface area contributed by atoms with E-state index in [9.17, 15) is 13.2 Å². The monoisotopic (exact) mass is 301 g/mol. The molecule has 1 N–H and O–H groups in total. The third-order valence-corrected chi connectivity index (χ3v) is 2.83. The van der Waals surface area contributed by atoms with Crippen LogP contribution in [0.2, 0.25) is 0 Å². The molecule has 8 heteroatoms. The van der Waals surface area contributed by atoms with Gasteiger partial charge in [-0.1, -0.05) is 6.92 Å². The summed E-state index contributed by atoms with van der Waals surface area (Å²) in [6, 6.07) is 5.20. The number of rotatable bonds is 5. The van der Waals surface area contributed by atoms with E-state index in [4.69, 9.17) is 4.42 Å². The van der Waals surface area contributed by atoms with E-state index < -0.39 is 6.36 Å². The van der Waals surface area contributed by atoms with Crippen molar-refractivity contribution in [1.29, 1.82) is 0 Å². The topological polar surface area (TPSA) is 60.2 Å². The van der Waals surface area contributed by atoms with Crippen molar-refractivity contribution in [2.75, 3.05) is 7.05 Å². The third kappa shape index (κ3) is 3.94. The Morgan fingerprint density at radius 1 is 1.24 bits per heavy atom. The average Bonchev–Trinajstić information content (AvgIpc) is 2.89. The molecule has 0 saturated heterocycles. The van der Waals surface area contributed by atoms with Crippen LogP contribution in [0.4, 0.5) is 13.2 Å². The Morgan fingerprint density at radius 2 is 1.90 bits per heavy atom. The Labute approximate surface area is 119 Å². The van der Waals surface area contributed by atoms with E-state index in [1.54, 1.807) is 7.05 Å². The molecule has 1 unspecified atom stereocenters. The molecule has 1 aromatic carbocycles. The van der Waals surface area contributed by atoms with Gasteiger partial charge in [-0.25, -0.2) is 0 Å². The lowest BCUT2D eigenvalue weighted by molar-refractivity contribution is -0.274. The first-order chi connectivity index (χ1) is 9.93. The normalized spacial score (nSPS) is 13.2. The number of hydrogen-bond donors (Lipinski definition) is 1. The van der Waals surface area contributed by atoms with Crippen LogP contribution < -0.4 is 10.1 Å². The summed E-state index contributed by atoms with van der Waals surface area (Å²) in [7, 11) is 1.78. The van der Waals surface area contributed by atoms with E-state index in [0.29, 0.717) is 11.5 Å². The van der Waals surface area contributed by atoms with E-state index in [-0.39, 0.29) is 17.7 Å².